The molecule has 65 heavy (non-hydrogen) atoms. The van der Waals surface area contributed by atoms with Crippen LogP contribution in [0.4, 0.5) is 0 Å². The zero-order valence-corrected chi connectivity index (χ0v) is 43.9. The molecule has 0 fully saturated rings. The molecule has 0 aliphatic heterocycles. The van der Waals surface area contributed by atoms with Gasteiger partial charge in [0.15, 0.2) is 6.10 Å². The number of carbonyl (C=O) groups is 3. The van der Waals surface area contributed by atoms with Gasteiger partial charge in [-0.25, -0.2) is 4.79 Å². The Labute approximate surface area is 403 Å². The lowest BCUT2D eigenvalue weighted by molar-refractivity contribution is -0.870. The number of aliphatic carboxylic acids is 1. The Kier molecular flexibility index (Phi) is 47.5. The third-order valence-corrected chi connectivity index (χ3v) is 12.9. The zero-order valence-electron chi connectivity index (χ0n) is 43.9. The van der Waals surface area contributed by atoms with Gasteiger partial charge >= 0.3 is 17.9 Å². The molecule has 0 rings (SSSR count). The van der Waals surface area contributed by atoms with Crippen molar-refractivity contribution in [1.82, 2.24) is 0 Å². The maximum Gasteiger partial charge on any atom is 0.361 e. The fourth-order valence-corrected chi connectivity index (χ4v) is 8.49. The summed E-state index contributed by atoms with van der Waals surface area (Å²) in [6.07, 6.45) is 50.3. The molecule has 0 aromatic carbocycles. The molecule has 0 heterocycles. The number of hydrogen-bond donors (Lipinski definition) is 1. The van der Waals surface area contributed by atoms with Gasteiger partial charge < -0.3 is 28.5 Å². The van der Waals surface area contributed by atoms with Crippen LogP contribution in [0.1, 0.15) is 284 Å². The summed E-state index contributed by atoms with van der Waals surface area (Å²) in [5, 5.41) is 9.68. The number of rotatable bonds is 53. The van der Waals surface area contributed by atoms with Crippen LogP contribution in [0.2, 0.25) is 0 Å². The number of quaternary nitrogens is 1. The number of likely N-dealkylation sites (N-methyl/N-ethyl adjacent to an activating group) is 1. The van der Waals surface area contributed by atoms with E-state index in [1.54, 1.807) is 0 Å². The average Bonchev–Trinajstić information content (AvgIpc) is 3.27. The van der Waals surface area contributed by atoms with Gasteiger partial charge in [0.25, 0.3) is 6.29 Å². The molecule has 2 unspecified atom stereocenters. The van der Waals surface area contributed by atoms with Crippen LogP contribution < -0.4 is 0 Å². The van der Waals surface area contributed by atoms with E-state index in [4.69, 9.17) is 18.9 Å². The second-order valence-corrected chi connectivity index (χ2v) is 20.6. The molecule has 0 saturated heterocycles. The van der Waals surface area contributed by atoms with Crippen LogP contribution in [0.25, 0.3) is 0 Å². The molecule has 0 aliphatic carbocycles. The number of ether oxygens (including phenoxy) is 4. The van der Waals surface area contributed by atoms with Crippen LogP contribution >= 0.6 is 0 Å². The van der Waals surface area contributed by atoms with Crippen molar-refractivity contribution < 1.29 is 42.9 Å². The Balaban J connectivity index is 4.17. The number of carbonyl (C=O) groups excluding carboxylic acids is 2. The Morgan fingerprint density at radius 2 is 0.692 bits per heavy atom. The van der Waals surface area contributed by atoms with Gasteiger partial charge in [-0.3, -0.25) is 9.59 Å². The monoisotopic (exact) mass is 925 g/mol. The summed E-state index contributed by atoms with van der Waals surface area (Å²) in [6.45, 7) is 4.94. The SMILES string of the molecule is CCCCCCCCCCCCCCCCCCCCCCCCCCCC(=O)OC(COC(=O)CCCCCCCCCCCCCCCCC)COC(OCC[N+](C)(C)C)C(=O)O. The summed E-state index contributed by atoms with van der Waals surface area (Å²) in [5.41, 5.74) is 0. The predicted molar refractivity (Wildman–Crippen MR) is 272 cm³/mol. The van der Waals surface area contributed by atoms with Gasteiger partial charge in [0.05, 0.1) is 34.4 Å². The fraction of sp³-hybridized carbons (Fsp3) is 0.946. The summed E-state index contributed by atoms with van der Waals surface area (Å²) >= 11 is 0. The predicted octanol–water partition coefficient (Wildman–Crippen LogP) is 16.0. The molecule has 0 amide bonds. The molecular weight excluding hydrogens is 815 g/mol. The number of carboxylic acids is 1. The first-order valence-electron chi connectivity index (χ1n) is 28.2. The molecule has 0 radical (unpaired) electrons. The first-order chi connectivity index (χ1) is 31.6. The lowest BCUT2D eigenvalue weighted by Gasteiger charge is -2.25. The molecule has 0 aromatic rings. The Morgan fingerprint density at radius 3 is 0.985 bits per heavy atom. The normalized spacial score (nSPS) is 12.7. The van der Waals surface area contributed by atoms with Crippen molar-refractivity contribution >= 4 is 17.9 Å². The van der Waals surface area contributed by atoms with Crippen molar-refractivity contribution in [2.45, 2.75) is 296 Å². The van der Waals surface area contributed by atoms with Crippen molar-refractivity contribution in [3.63, 3.8) is 0 Å². The standard InChI is InChI=1S/C56H109NO8/c1-6-8-10-12-14-16-18-20-22-23-24-25-26-27-28-29-30-31-33-35-37-39-41-43-45-47-54(59)65-52(51-64-56(55(60)61)62-49-48-57(3,4)5)50-63-53(58)46-44-42-40-38-36-34-32-21-19-17-15-13-11-9-7-2/h52,56H,6-51H2,1-5H3/p+1. The van der Waals surface area contributed by atoms with Crippen molar-refractivity contribution in [2.75, 3.05) is 47.5 Å². The number of esters is 2. The Morgan fingerprint density at radius 1 is 0.400 bits per heavy atom. The van der Waals surface area contributed by atoms with E-state index in [0.29, 0.717) is 17.4 Å². The largest absolute Gasteiger partial charge is 0.477 e. The van der Waals surface area contributed by atoms with Gasteiger partial charge in [0.2, 0.25) is 0 Å². The van der Waals surface area contributed by atoms with E-state index in [9.17, 15) is 19.5 Å². The van der Waals surface area contributed by atoms with Crippen molar-refractivity contribution in [1.29, 1.82) is 0 Å². The first kappa shape index (κ1) is 63.3. The molecular formula is C56H110NO8+. The molecule has 0 spiro atoms. The first-order valence-corrected chi connectivity index (χ1v) is 28.2. The summed E-state index contributed by atoms with van der Waals surface area (Å²) in [6, 6.07) is 0. The Hall–Kier alpha value is -1.71. The summed E-state index contributed by atoms with van der Waals surface area (Å²) in [4.78, 5) is 37.3. The second kappa shape index (κ2) is 48.7. The van der Waals surface area contributed by atoms with E-state index >= 15 is 0 Å². The lowest BCUT2D eigenvalue weighted by atomic mass is 10.0. The molecule has 9 nitrogen and oxygen atoms in total. The highest BCUT2D eigenvalue weighted by molar-refractivity contribution is 5.71. The summed E-state index contributed by atoms with van der Waals surface area (Å²) in [7, 11) is 5.98. The molecule has 0 aliphatic rings. The number of hydrogen-bond acceptors (Lipinski definition) is 7. The topological polar surface area (TPSA) is 108 Å². The number of nitrogens with zero attached hydrogens (tertiary/aromatic N) is 1. The van der Waals surface area contributed by atoms with Crippen LogP contribution in [0.3, 0.4) is 0 Å². The highest BCUT2D eigenvalue weighted by atomic mass is 16.7. The van der Waals surface area contributed by atoms with Crippen molar-refractivity contribution in [2.24, 2.45) is 0 Å². The van der Waals surface area contributed by atoms with Crippen LogP contribution in [0, 0.1) is 0 Å². The smallest absolute Gasteiger partial charge is 0.361 e. The van der Waals surface area contributed by atoms with E-state index in [1.807, 2.05) is 21.1 Å². The van der Waals surface area contributed by atoms with Gasteiger partial charge in [-0.05, 0) is 12.8 Å². The van der Waals surface area contributed by atoms with E-state index < -0.39 is 18.4 Å². The van der Waals surface area contributed by atoms with E-state index in [0.717, 1.165) is 38.5 Å². The van der Waals surface area contributed by atoms with Crippen LogP contribution in [-0.4, -0.2) is 87.4 Å². The van der Waals surface area contributed by atoms with Crippen LogP contribution in [0.5, 0.6) is 0 Å². The lowest BCUT2D eigenvalue weighted by Crippen LogP contribution is -2.40. The van der Waals surface area contributed by atoms with E-state index in [-0.39, 0.29) is 38.2 Å². The zero-order chi connectivity index (χ0) is 47.7. The van der Waals surface area contributed by atoms with Crippen molar-refractivity contribution in [3.05, 3.63) is 0 Å². The minimum Gasteiger partial charge on any atom is -0.477 e. The number of carboxylic acid groups (broad SMARTS) is 1. The van der Waals surface area contributed by atoms with Gasteiger partial charge in [0.1, 0.15) is 13.2 Å². The molecule has 386 valence electrons. The molecule has 1 N–H and O–H groups in total. The molecule has 0 aromatic heterocycles. The van der Waals surface area contributed by atoms with Gasteiger partial charge in [0, 0.05) is 12.8 Å². The average molecular weight is 925 g/mol. The van der Waals surface area contributed by atoms with E-state index in [2.05, 4.69) is 13.8 Å². The third-order valence-electron chi connectivity index (χ3n) is 12.9. The highest BCUT2D eigenvalue weighted by Crippen LogP contribution is 2.18. The maximum atomic E-state index is 12.9. The van der Waals surface area contributed by atoms with Gasteiger partial charge in [-0.2, -0.15) is 0 Å². The summed E-state index contributed by atoms with van der Waals surface area (Å²) in [5.74, 6) is -1.98. The second-order valence-electron chi connectivity index (χ2n) is 20.6. The quantitative estimate of drug-likeness (QED) is 0.0278. The maximum absolute atomic E-state index is 12.9. The van der Waals surface area contributed by atoms with Gasteiger partial charge in [-0.15, -0.1) is 0 Å². The van der Waals surface area contributed by atoms with Crippen LogP contribution in [-0.2, 0) is 33.3 Å². The number of unbranched alkanes of at least 4 members (excludes halogenated alkanes) is 38. The third kappa shape index (κ3) is 50.0. The molecule has 9 heteroatoms. The minimum absolute atomic E-state index is 0.173. The Bertz CT molecular complexity index is 1030. The highest BCUT2D eigenvalue weighted by Gasteiger charge is 2.25. The minimum atomic E-state index is -1.50. The fourth-order valence-electron chi connectivity index (χ4n) is 8.49. The van der Waals surface area contributed by atoms with E-state index in [1.165, 1.54) is 218 Å². The van der Waals surface area contributed by atoms with Crippen molar-refractivity contribution in [3.8, 4) is 0 Å². The van der Waals surface area contributed by atoms with Gasteiger partial charge in [-0.1, -0.05) is 258 Å². The molecule has 0 saturated carbocycles. The molecule has 0 bridgehead atoms. The molecule has 2 atom stereocenters. The van der Waals surface area contributed by atoms with Crippen LogP contribution in [0.15, 0.2) is 0 Å². The summed E-state index contributed by atoms with van der Waals surface area (Å²) < 4.78 is 22.9.